The number of esters is 1. The fourth-order valence-electron chi connectivity index (χ4n) is 4.58. The number of rotatable bonds is 6. The molecule has 0 fully saturated rings. The standard InChI is InChI=1S/C29H26O7/c1-16(2)35-20-11-7-17(8-12-20)21-13-25(30)36-24-14-23(33-4)27-28(31)22(15-34-29(27)26(21)24)18-5-9-19(32-3)10-6-18/h5-12,14-16,21H,13H2,1-4H3. The molecule has 1 aliphatic heterocycles. The minimum atomic E-state index is -0.367. The first-order valence-electron chi connectivity index (χ1n) is 11.7. The van der Waals surface area contributed by atoms with E-state index in [9.17, 15) is 9.59 Å². The Morgan fingerprint density at radius 1 is 0.917 bits per heavy atom. The number of hydrogen-bond acceptors (Lipinski definition) is 7. The third kappa shape index (κ3) is 4.17. The molecule has 0 saturated heterocycles. The molecule has 36 heavy (non-hydrogen) atoms. The molecule has 1 aliphatic rings. The first kappa shape index (κ1) is 23.5. The molecule has 3 aromatic carbocycles. The van der Waals surface area contributed by atoms with E-state index in [0.29, 0.717) is 39.2 Å². The minimum absolute atomic E-state index is 0.0480. The highest BCUT2D eigenvalue weighted by atomic mass is 16.5. The summed E-state index contributed by atoms with van der Waals surface area (Å²) < 4.78 is 28.2. The van der Waals surface area contributed by atoms with Crippen molar-refractivity contribution in [3.63, 3.8) is 0 Å². The van der Waals surface area contributed by atoms with Gasteiger partial charge in [-0.15, -0.1) is 0 Å². The van der Waals surface area contributed by atoms with E-state index in [1.54, 1.807) is 37.4 Å². The van der Waals surface area contributed by atoms with E-state index in [1.807, 2.05) is 38.1 Å². The lowest BCUT2D eigenvalue weighted by Gasteiger charge is -2.26. The van der Waals surface area contributed by atoms with Gasteiger partial charge in [0.25, 0.3) is 0 Å². The maximum Gasteiger partial charge on any atom is 0.312 e. The number of carbonyl (C=O) groups excluding carboxylic acids is 1. The number of fused-ring (bicyclic) bond motifs is 3. The average molecular weight is 487 g/mol. The molecule has 0 N–H and O–H groups in total. The Hall–Kier alpha value is -4.26. The van der Waals surface area contributed by atoms with Crippen LogP contribution in [-0.2, 0) is 4.79 Å². The van der Waals surface area contributed by atoms with Crippen LogP contribution >= 0.6 is 0 Å². The van der Waals surface area contributed by atoms with Crippen molar-refractivity contribution in [2.75, 3.05) is 14.2 Å². The van der Waals surface area contributed by atoms with Gasteiger partial charge >= 0.3 is 5.97 Å². The molecule has 5 rings (SSSR count). The molecule has 184 valence electrons. The maximum absolute atomic E-state index is 13.7. The van der Waals surface area contributed by atoms with E-state index >= 15 is 0 Å². The largest absolute Gasteiger partial charge is 0.497 e. The van der Waals surface area contributed by atoms with Gasteiger partial charge in [0.2, 0.25) is 5.43 Å². The molecular formula is C29H26O7. The molecule has 2 heterocycles. The van der Waals surface area contributed by atoms with E-state index < -0.39 is 0 Å². The quantitative estimate of drug-likeness (QED) is 0.255. The van der Waals surface area contributed by atoms with E-state index in [1.165, 1.54) is 13.4 Å². The van der Waals surface area contributed by atoms with Gasteiger partial charge in [-0.25, -0.2) is 0 Å². The summed E-state index contributed by atoms with van der Waals surface area (Å²) in [5.41, 5.74) is 2.71. The highest BCUT2D eigenvalue weighted by Crippen LogP contribution is 2.46. The highest BCUT2D eigenvalue weighted by molar-refractivity contribution is 5.94. The summed E-state index contributed by atoms with van der Waals surface area (Å²) in [6, 6.07) is 16.3. The van der Waals surface area contributed by atoms with Crippen LogP contribution in [0.1, 0.15) is 37.3 Å². The number of benzene rings is 3. The van der Waals surface area contributed by atoms with Crippen LogP contribution < -0.4 is 24.4 Å². The fourth-order valence-corrected chi connectivity index (χ4v) is 4.58. The molecule has 4 aromatic rings. The zero-order valence-corrected chi connectivity index (χ0v) is 20.5. The summed E-state index contributed by atoms with van der Waals surface area (Å²) >= 11 is 0. The molecule has 0 amide bonds. The van der Waals surface area contributed by atoms with Crippen molar-refractivity contribution >= 4 is 16.9 Å². The van der Waals surface area contributed by atoms with Crippen molar-refractivity contribution < 1.29 is 28.2 Å². The Labute approximate surface area is 208 Å². The molecule has 0 saturated carbocycles. The smallest absolute Gasteiger partial charge is 0.312 e. The minimum Gasteiger partial charge on any atom is -0.497 e. The number of ether oxygens (including phenoxy) is 4. The second kappa shape index (κ2) is 9.41. The molecule has 1 atom stereocenters. The van der Waals surface area contributed by atoms with E-state index in [-0.39, 0.29) is 35.6 Å². The zero-order valence-electron chi connectivity index (χ0n) is 20.5. The average Bonchev–Trinajstić information content (AvgIpc) is 2.88. The van der Waals surface area contributed by atoms with Crippen LogP contribution in [0.5, 0.6) is 23.0 Å². The van der Waals surface area contributed by atoms with Gasteiger partial charge < -0.3 is 23.4 Å². The van der Waals surface area contributed by atoms with Gasteiger partial charge in [0.15, 0.2) is 0 Å². The summed E-state index contributed by atoms with van der Waals surface area (Å²) in [7, 11) is 3.05. The van der Waals surface area contributed by atoms with E-state index in [2.05, 4.69) is 0 Å². The third-order valence-corrected chi connectivity index (χ3v) is 6.23. The van der Waals surface area contributed by atoms with Gasteiger partial charge in [-0.3, -0.25) is 9.59 Å². The van der Waals surface area contributed by atoms with Crippen molar-refractivity contribution in [1.82, 2.24) is 0 Å². The Bertz CT molecular complexity index is 1480. The number of carbonyl (C=O) groups is 1. The second-order valence-corrected chi connectivity index (χ2v) is 8.87. The first-order chi connectivity index (χ1) is 17.4. The van der Waals surface area contributed by atoms with Crippen LogP contribution in [0.2, 0.25) is 0 Å². The predicted molar refractivity (Wildman–Crippen MR) is 135 cm³/mol. The van der Waals surface area contributed by atoms with Crippen LogP contribution in [0.25, 0.3) is 22.1 Å². The zero-order chi connectivity index (χ0) is 25.4. The van der Waals surface area contributed by atoms with Crippen molar-refractivity contribution in [3.05, 3.63) is 82.2 Å². The predicted octanol–water partition coefficient (Wildman–Crippen LogP) is 5.71. The van der Waals surface area contributed by atoms with Crippen LogP contribution in [0.15, 0.2) is 70.1 Å². The molecule has 1 aromatic heterocycles. The Morgan fingerprint density at radius 2 is 1.61 bits per heavy atom. The summed E-state index contributed by atoms with van der Waals surface area (Å²) in [5, 5.41) is 0.298. The molecule has 1 unspecified atom stereocenters. The van der Waals surface area contributed by atoms with Gasteiger partial charge in [-0.2, -0.15) is 0 Å². The van der Waals surface area contributed by atoms with Crippen LogP contribution in [0.4, 0.5) is 0 Å². The Balaban J connectivity index is 1.68. The highest BCUT2D eigenvalue weighted by Gasteiger charge is 2.34. The molecule has 7 nitrogen and oxygen atoms in total. The lowest BCUT2D eigenvalue weighted by atomic mass is 9.85. The van der Waals surface area contributed by atoms with Gasteiger partial charge in [0.05, 0.1) is 32.3 Å². The van der Waals surface area contributed by atoms with Crippen molar-refractivity contribution in [1.29, 1.82) is 0 Å². The second-order valence-electron chi connectivity index (χ2n) is 8.87. The van der Waals surface area contributed by atoms with Crippen LogP contribution in [-0.4, -0.2) is 26.3 Å². The van der Waals surface area contributed by atoms with Gasteiger partial charge in [-0.1, -0.05) is 24.3 Å². The maximum atomic E-state index is 13.7. The summed E-state index contributed by atoms with van der Waals surface area (Å²) in [6.07, 6.45) is 1.61. The Kier molecular flexibility index (Phi) is 6.14. The third-order valence-electron chi connectivity index (χ3n) is 6.23. The summed E-state index contributed by atoms with van der Waals surface area (Å²) in [5.74, 6) is 1.30. The lowest BCUT2D eigenvalue weighted by Crippen LogP contribution is -2.22. The van der Waals surface area contributed by atoms with E-state index in [0.717, 1.165) is 11.3 Å². The van der Waals surface area contributed by atoms with Crippen molar-refractivity contribution in [3.8, 4) is 34.1 Å². The van der Waals surface area contributed by atoms with Crippen molar-refractivity contribution in [2.45, 2.75) is 32.3 Å². The molecule has 7 heteroatoms. The molecular weight excluding hydrogens is 460 g/mol. The molecule has 0 aliphatic carbocycles. The molecule has 0 bridgehead atoms. The normalized spacial score (nSPS) is 14.9. The summed E-state index contributed by atoms with van der Waals surface area (Å²) in [4.78, 5) is 26.2. The number of methoxy groups -OCH3 is 2. The monoisotopic (exact) mass is 486 g/mol. The Morgan fingerprint density at radius 3 is 2.25 bits per heavy atom. The van der Waals surface area contributed by atoms with Crippen LogP contribution in [0, 0.1) is 0 Å². The molecule has 0 spiro atoms. The fraction of sp³-hybridized carbons (Fsp3) is 0.241. The first-order valence-corrected chi connectivity index (χ1v) is 11.7. The number of hydrogen-bond donors (Lipinski definition) is 0. The topological polar surface area (TPSA) is 84.2 Å². The SMILES string of the molecule is COc1ccc(-c2coc3c4c(cc(OC)c3c2=O)OC(=O)CC4c2ccc(OC(C)C)cc2)cc1. The summed E-state index contributed by atoms with van der Waals surface area (Å²) in [6.45, 7) is 3.92. The van der Waals surface area contributed by atoms with Gasteiger partial charge in [0.1, 0.15) is 40.2 Å². The van der Waals surface area contributed by atoms with Crippen molar-refractivity contribution in [2.24, 2.45) is 0 Å². The van der Waals surface area contributed by atoms with Gasteiger partial charge in [0, 0.05) is 17.5 Å². The van der Waals surface area contributed by atoms with Gasteiger partial charge in [-0.05, 0) is 49.2 Å². The lowest BCUT2D eigenvalue weighted by molar-refractivity contribution is -0.135. The molecule has 0 radical (unpaired) electrons. The van der Waals surface area contributed by atoms with Crippen LogP contribution in [0.3, 0.4) is 0 Å². The van der Waals surface area contributed by atoms with E-state index in [4.69, 9.17) is 23.4 Å².